The maximum Gasteiger partial charge on any atom is 0.329 e. The number of esters is 1. The van der Waals surface area contributed by atoms with E-state index in [0.717, 1.165) is 45.4 Å². The average molecular weight is 593 g/mol. The summed E-state index contributed by atoms with van der Waals surface area (Å²) in [5.74, 6) is -0.245. The Morgan fingerprint density at radius 3 is 2.05 bits per heavy atom. The molecule has 0 saturated carbocycles. The van der Waals surface area contributed by atoms with Gasteiger partial charge in [0.2, 0.25) is 5.91 Å². The molecule has 2 heterocycles. The van der Waals surface area contributed by atoms with Crippen molar-refractivity contribution < 1.29 is 18.8 Å². The summed E-state index contributed by atoms with van der Waals surface area (Å²) in [6.07, 6.45) is 5.52. The van der Waals surface area contributed by atoms with Gasteiger partial charge in [-0.2, -0.15) is 0 Å². The zero-order valence-electron chi connectivity index (χ0n) is 26.9. The van der Waals surface area contributed by atoms with Crippen molar-refractivity contribution in [2.75, 3.05) is 26.8 Å². The molecule has 0 aliphatic carbocycles. The number of hydrogen-bond donors (Lipinski definition) is 0. The number of likely N-dealkylation sites (tertiary alicyclic amines) is 2. The minimum absolute atomic E-state index is 0.0408. The highest BCUT2D eigenvalue weighted by Crippen LogP contribution is 2.38. The van der Waals surface area contributed by atoms with Gasteiger partial charge in [-0.05, 0) is 66.0 Å². The molecule has 2 saturated heterocycles. The van der Waals surface area contributed by atoms with Gasteiger partial charge < -0.3 is 14.1 Å². The molecule has 0 N–H and O–H groups in total. The van der Waals surface area contributed by atoms with Crippen LogP contribution in [0.25, 0.3) is 0 Å². The average Bonchev–Trinajstić information content (AvgIpc) is 3.55. The molecule has 2 aromatic rings. The Morgan fingerprint density at radius 1 is 0.929 bits per heavy atom. The first kappa shape index (κ1) is 32.4. The molecule has 4 rings (SSSR count). The summed E-state index contributed by atoms with van der Waals surface area (Å²) < 4.78 is 12.4. The quantitative estimate of drug-likeness (QED) is 0.259. The second-order valence-corrected chi connectivity index (χ2v) is 18.5. The van der Waals surface area contributed by atoms with E-state index in [9.17, 15) is 9.59 Å². The van der Waals surface area contributed by atoms with Gasteiger partial charge in [0.25, 0.3) is 8.32 Å². The summed E-state index contributed by atoms with van der Waals surface area (Å²) in [5, 5.41) is 2.59. The van der Waals surface area contributed by atoms with Gasteiger partial charge in [0.05, 0.1) is 13.7 Å². The first-order chi connectivity index (χ1) is 19.9. The molecule has 3 atom stereocenters. The van der Waals surface area contributed by atoms with Gasteiger partial charge in [0.15, 0.2) is 0 Å². The van der Waals surface area contributed by atoms with Crippen molar-refractivity contribution >= 4 is 30.6 Å². The van der Waals surface area contributed by atoms with E-state index in [-0.39, 0.29) is 28.4 Å². The van der Waals surface area contributed by atoms with Crippen molar-refractivity contribution in [3.05, 3.63) is 60.7 Å². The predicted molar refractivity (Wildman–Crippen MR) is 173 cm³/mol. The van der Waals surface area contributed by atoms with Crippen LogP contribution in [0.4, 0.5) is 0 Å². The maximum absolute atomic E-state index is 13.0. The molecule has 230 valence electrons. The summed E-state index contributed by atoms with van der Waals surface area (Å²) in [5.41, 5.74) is -0.385. The lowest BCUT2D eigenvalue weighted by molar-refractivity contribution is -0.157. The van der Waals surface area contributed by atoms with E-state index >= 15 is 0 Å². The number of ether oxygens (including phenoxy) is 1. The van der Waals surface area contributed by atoms with E-state index in [2.05, 4.69) is 86.3 Å². The Balaban J connectivity index is 1.46. The lowest BCUT2D eigenvalue weighted by atomic mass is 9.85. The van der Waals surface area contributed by atoms with Crippen LogP contribution in [0, 0.1) is 5.41 Å². The van der Waals surface area contributed by atoms with Crippen LogP contribution in [-0.4, -0.2) is 74.9 Å². The molecule has 1 amide bonds. The van der Waals surface area contributed by atoms with E-state index in [1.165, 1.54) is 23.9 Å². The van der Waals surface area contributed by atoms with Crippen molar-refractivity contribution in [2.24, 2.45) is 5.41 Å². The van der Waals surface area contributed by atoms with Crippen molar-refractivity contribution in [1.29, 1.82) is 0 Å². The highest BCUT2D eigenvalue weighted by molar-refractivity contribution is 6.99. The number of rotatable bonds is 11. The lowest BCUT2D eigenvalue weighted by Crippen LogP contribution is -2.67. The van der Waals surface area contributed by atoms with Crippen LogP contribution < -0.4 is 10.4 Å². The van der Waals surface area contributed by atoms with E-state index in [0.29, 0.717) is 12.5 Å². The van der Waals surface area contributed by atoms with Crippen molar-refractivity contribution in [1.82, 2.24) is 9.80 Å². The van der Waals surface area contributed by atoms with E-state index in [1.54, 1.807) is 0 Å². The van der Waals surface area contributed by atoms with Gasteiger partial charge in [0, 0.05) is 18.5 Å². The molecule has 2 fully saturated rings. The van der Waals surface area contributed by atoms with E-state index < -0.39 is 14.4 Å². The fourth-order valence-electron chi connectivity index (χ4n) is 7.29. The molecule has 0 spiro atoms. The van der Waals surface area contributed by atoms with Crippen LogP contribution >= 0.6 is 0 Å². The van der Waals surface area contributed by atoms with Gasteiger partial charge in [0.1, 0.15) is 6.04 Å². The Hall–Kier alpha value is -2.48. The van der Waals surface area contributed by atoms with Crippen molar-refractivity contribution in [3.63, 3.8) is 0 Å². The standard InChI is InChI=1S/C35H52N2O4Si/c1-34(2,3)32(33(39)40-7)37-27(22-23-31(37)38)16-14-24-36-25-15-17-28(36)26-41-42(35(4,5)6,29-18-10-8-11-19-29)30-20-12-9-13-21-30/h8-13,18-21,27-28,32H,14-17,22-26H2,1-7H3/t27-,28-,32?/m0/s1. The fraction of sp³-hybridized carbons (Fsp3) is 0.600. The van der Waals surface area contributed by atoms with Gasteiger partial charge in [-0.15, -0.1) is 0 Å². The number of benzene rings is 2. The summed E-state index contributed by atoms with van der Waals surface area (Å²) >= 11 is 0. The topological polar surface area (TPSA) is 59.1 Å². The highest BCUT2D eigenvalue weighted by atomic mass is 28.4. The molecule has 2 aliphatic heterocycles. The molecule has 0 radical (unpaired) electrons. The van der Waals surface area contributed by atoms with Crippen LogP contribution in [0.3, 0.4) is 0 Å². The monoisotopic (exact) mass is 592 g/mol. The molecule has 2 aromatic carbocycles. The Morgan fingerprint density at radius 2 is 1.52 bits per heavy atom. The predicted octanol–water partition coefficient (Wildman–Crippen LogP) is 5.39. The summed E-state index contributed by atoms with van der Waals surface area (Å²) in [6, 6.07) is 21.6. The largest absolute Gasteiger partial charge is 0.467 e. The molecule has 42 heavy (non-hydrogen) atoms. The third kappa shape index (κ3) is 6.84. The van der Waals surface area contributed by atoms with Crippen LogP contribution in [0.2, 0.25) is 5.04 Å². The maximum atomic E-state index is 13.0. The molecule has 2 aliphatic rings. The lowest BCUT2D eigenvalue weighted by Gasteiger charge is -2.44. The van der Waals surface area contributed by atoms with E-state index in [1.807, 2.05) is 25.7 Å². The Labute approximate surface area is 254 Å². The zero-order valence-corrected chi connectivity index (χ0v) is 27.9. The number of amides is 1. The first-order valence-corrected chi connectivity index (χ1v) is 17.7. The molecule has 0 bridgehead atoms. The fourth-order valence-corrected chi connectivity index (χ4v) is 11.9. The van der Waals surface area contributed by atoms with Crippen LogP contribution in [-0.2, 0) is 18.8 Å². The van der Waals surface area contributed by atoms with Gasteiger partial charge in [-0.1, -0.05) is 102 Å². The van der Waals surface area contributed by atoms with Gasteiger partial charge in [-0.25, -0.2) is 4.79 Å². The molecule has 0 aromatic heterocycles. The summed E-state index contributed by atoms with van der Waals surface area (Å²) in [7, 11) is -1.16. The van der Waals surface area contributed by atoms with Crippen LogP contribution in [0.15, 0.2) is 60.7 Å². The minimum Gasteiger partial charge on any atom is -0.467 e. The van der Waals surface area contributed by atoms with Crippen LogP contribution in [0.1, 0.15) is 80.1 Å². The number of methoxy groups -OCH3 is 1. The number of hydrogen-bond acceptors (Lipinski definition) is 5. The SMILES string of the molecule is COC(=O)C(N1C(=O)CC[C@@H]1CCCN1CCC[C@H]1CO[Si](c1ccccc1)(c1ccccc1)C(C)(C)C)C(C)(C)C. The smallest absolute Gasteiger partial charge is 0.329 e. The third-order valence-electron chi connectivity index (χ3n) is 9.29. The summed E-state index contributed by atoms with van der Waals surface area (Å²) in [6.45, 7) is 15.8. The van der Waals surface area contributed by atoms with Crippen molar-refractivity contribution in [2.45, 2.75) is 103 Å². The Bertz CT molecular complexity index is 1140. The number of carbonyl (C=O) groups excluding carboxylic acids is 2. The molecule has 7 heteroatoms. The van der Waals surface area contributed by atoms with Crippen LogP contribution in [0.5, 0.6) is 0 Å². The van der Waals surface area contributed by atoms with E-state index in [4.69, 9.17) is 9.16 Å². The van der Waals surface area contributed by atoms with Gasteiger partial charge in [-0.3, -0.25) is 9.69 Å². The van der Waals surface area contributed by atoms with Gasteiger partial charge >= 0.3 is 5.97 Å². The second-order valence-electron chi connectivity index (χ2n) is 14.2. The van der Waals surface area contributed by atoms with Crippen molar-refractivity contribution in [3.8, 4) is 0 Å². The Kier molecular flexibility index (Phi) is 10.4. The molecule has 6 nitrogen and oxygen atoms in total. The normalized spacial score (nSPS) is 21.1. The number of carbonyl (C=O) groups is 2. The first-order valence-electron chi connectivity index (χ1n) is 15.8. The minimum atomic E-state index is -2.58. The zero-order chi connectivity index (χ0) is 30.5. The molecular formula is C35H52N2O4Si. The molecular weight excluding hydrogens is 540 g/mol. The third-order valence-corrected chi connectivity index (χ3v) is 14.3. The molecule has 1 unspecified atom stereocenters. The highest BCUT2D eigenvalue weighted by Gasteiger charge is 2.51. The summed E-state index contributed by atoms with van der Waals surface area (Å²) in [4.78, 5) is 30.2. The number of nitrogens with zero attached hydrogens (tertiary/aromatic N) is 2. The second kappa shape index (κ2) is 13.4.